The van der Waals surface area contributed by atoms with Gasteiger partial charge in [0, 0.05) is 6.42 Å². The summed E-state index contributed by atoms with van der Waals surface area (Å²) in [5, 5.41) is 3.41. The molecule has 1 aromatic carbocycles. The summed E-state index contributed by atoms with van der Waals surface area (Å²) >= 11 is 6.09. The maximum atomic E-state index is 11.2. The topological polar surface area (TPSA) is 55.1 Å². The van der Waals surface area contributed by atoms with E-state index in [4.69, 9.17) is 17.3 Å². The smallest absolute Gasteiger partial charge is 0.224 e. The van der Waals surface area contributed by atoms with E-state index in [1.807, 2.05) is 6.07 Å². The standard InChI is InChI=1S/C11H13ClN2O/c12-9-6-7(3-4-13)5-8-1-2-10(15)14-11(8)9/h5-6H,1-4,13H2,(H,14,15). The Kier molecular flexibility index (Phi) is 2.93. The average molecular weight is 225 g/mol. The number of nitrogens with two attached hydrogens (primary N) is 1. The van der Waals surface area contributed by atoms with Crippen LogP contribution < -0.4 is 11.1 Å². The summed E-state index contributed by atoms with van der Waals surface area (Å²) in [6.07, 6.45) is 2.12. The molecular formula is C11H13ClN2O. The van der Waals surface area contributed by atoms with Gasteiger partial charge in [-0.2, -0.15) is 0 Å². The van der Waals surface area contributed by atoms with Crippen molar-refractivity contribution in [3.63, 3.8) is 0 Å². The van der Waals surface area contributed by atoms with Gasteiger partial charge in [0.15, 0.2) is 0 Å². The van der Waals surface area contributed by atoms with Crippen LogP contribution in [0.5, 0.6) is 0 Å². The van der Waals surface area contributed by atoms with Crippen LogP contribution in [0.1, 0.15) is 17.5 Å². The number of nitrogens with one attached hydrogen (secondary N) is 1. The second-order valence-corrected chi connectivity index (χ2v) is 4.11. The molecule has 0 saturated heterocycles. The first kappa shape index (κ1) is 10.5. The van der Waals surface area contributed by atoms with E-state index < -0.39 is 0 Å². The molecule has 15 heavy (non-hydrogen) atoms. The van der Waals surface area contributed by atoms with Gasteiger partial charge in [-0.05, 0) is 36.6 Å². The summed E-state index contributed by atoms with van der Waals surface area (Å²) in [4.78, 5) is 11.2. The minimum absolute atomic E-state index is 0.0379. The molecule has 2 rings (SSSR count). The number of hydrogen-bond acceptors (Lipinski definition) is 2. The van der Waals surface area contributed by atoms with Crippen LogP contribution in [-0.4, -0.2) is 12.5 Å². The van der Waals surface area contributed by atoms with Gasteiger partial charge in [0.1, 0.15) is 0 Å². The van der Waals surface area contributed by atoms with Crippen molar-refractivity contribution in [3.05, 3.63) is 28.3 Å². The van der Waals surface area contributed by atoms with E-state index in [1.165, 1.54) is 0 Å². The third-order valence-corrected chi connectivity index (χ3v) is 2.85. The van der Waals surface area contributed by atoms with E-state index in [1.54, 1.807) is 0 Å². The number of anilines is 1. The Hall–Kier alpha value is -1.06. The Morgan fingerprint density at radius 1 is 1.40 bits per heavy atom. The van der Waals surface area contributed by atoms with Gasteiger partial charge >= 0.3 is 0 Å². The Morgan fingerprint density at radius 2 is 2.20 bits per heavy atom. The highest BCUT2D eigenvalue weighted by atomic mass is 35.5. The van der Waals surface area contributed by atoms with Crippen LogP contribution in [0.4, 0.5) is 5.69 Å². The molecule has 0 radical (unpaired) electrons. The molecule has 0 spiro atoms. The van der Waals surface area contributed by atoms with Crippen molar-refractivity contribution in [2.75, 3.05) is 11.9 Å². The molecular weight excluding hydrogens is 212 g/mol. The van der Waals surface area contributed by atoms with Crippen molar-refractivity contribution in [3.8, 4) is 0 Å². The van der Waals surface area contributed by atoms with E-state index in [9.17, 15) is 4.79 Å². The molecule has 0 bridgehead atoms. The number of aryl methyl sites for hydroxylation is 1. The Bertz CT molecular complexity index is 404. The highest BCUT2D eigenvalue weighted by Crippen LogP contribution is 2.31. The van der Waals surface area contributed by atoms with Gasteiger partial charge in [0.25, 0.3) is 0 Å². The summed E-state index contributed by atoms with van der Waals surface area (Å²) < 4.78 is 0. The normalized spacial score (nSPS) is 14.7. The molecule has 3 N–H and O–H groups in total. The number of carbonyl (C=O) groups is 1. The van der Waals surface area contributed by atoms with Gasteiger partial charge in [-0.1, -0.05) is 17.7 Å². The Labute approximate surface area is 93.6 Å². The molecule has 1 aromatic rings. The first-order valence-corrected chi connectivity index (χ1v) is 5.39. The lowest BCUT2D eigenvalue weighted by atomic mass is 9.99. The number of rotatable bonds is 2. The molecule has 0 unspecified atom stereocenters. The number of amides is 1. The maximum absolute atomic E-state index is 11.2. The van der Waals surface area contributed by atoms with E-state index in [-0.39, 0.29) is 5.91 Å². The maximum Gasteiger partial charge on any atom is 0.224 e. The predicted molar refractivity (Wildman–Crippen MR) is 61.2 cm³/mol. The first-order chi connectivity index (χ1) is 7.20. The van der Waals surface area contributed by atoms with Crippen LogP contribution >= 0.6 is 11.6 Å². The van der Waals surface area contributed by atoms with Crippen LogP contribution in [0, 0.1) is 0 Å². The number of hydrogen-bond donors (Lipinski definition) is 2. The zero-order valence-corrected chi connectivity index (χ0v) is 9.10. The molecule has 0 aromatic heterocycles. The molecule has 1 aliphatic heterocycles. The second-order valence-electron chi connectivity index (χ2n) is 3.70. The minimum Gasteiger partial charge on any atom is -0.330 e. The number of halogens is 1. The van der Waals surface area contributed by atoms with Crippen molar-refractivity contribution in [2.45, 2.75) is 19.3 Å². The van der Waals surface area contributed by atoms with Crippen molar-refractivity contribution in [1.29, 1.82) is 0 Å². The molecule has 80 valence electrons. The Balaban J connectivity index is 2.38. The lowest BCUT2D eigenvalue weighted by molar-refractivity contribution is -0.116. The summed E-state index contributed by atoms with van der Waals surface area (Å²) in [6.45, 7) is 0.613. The largest absolute Gasteiger partial charge is 0.330 e. The molecule has 3 nitrogen and oxygen atoms in total. The number of carbonyl (C=O) groups excluding carboxylic acids is 1. The van der Waals surface area contributed by atoms with E-state index in [0.29, 0.717) is 18.0 Å². The lowest BCUT2D eigenvalue weighted by Crippen LogP contribution is -2.19. The highest BCUT2D eigenvalue weighted by molar-refractivity contribution is 6.34. The minimum atomic E-state index is 0.0379. The van der Waals surface area contributed by atoms with Crippen molar-refractivity contribution in [1.82, 2.24) is 0 Å². The fourth-order valence-corrected chi connectivity index (χ4v) is 2.13. The summed E-state index contributed by atoms with van der Waals surface area (Å²) in [5.74, 6) is 0.0379. The molecule has 0 fully saturated rings. The fourth-order valence-electron chi connectivity index (χ4n) is 1.82. The fraction of sp³-hybridized carbons (Fsp3) is 0.364. The number of fused-ring (bicyclic) bond motifs is 1. The van der Waals surface area contributed by atoms with Gasteiger partial charge in [0.05, 0.1) is 10.7 Å². The number of benzene rings is 1. The van der Waals surface area contributed by atoms with Crippen LogP contribution in [0.2, 0.25) is 5.02 Å². The summed E-state index contributed by atoms with van der Waals surface area (Å²) in [6, 6.07) is 3.95. The molecule has 1 aliphatic rings. The van der Waals surface area contributed by atoms with Gasteiger partial charge in [-0.15, -0.1) is 0 Å². The summed E-state index contributed by atoms with van der Waals surface area (Å²) in [7, 11) is 0. The highest BCUT2D eigenvalue weighted by Gasteiger charge is 2.17. The van der Waals surface area contributed by atoms with Gasteiger partial charge in [-0.25, -0.2) is 0 Å². The third-order valence-electron chi connectivity index (χ3n) is 2.55. The molecule has 1 amide bonds. The Morgan fingerprint density at radius 3 is 2.93 bits per heavy atom. The third kappa shape index (κ3) is 2.13. The van der Waals surface area contributed by atoms with Crippen LogP contribution in [0.25, 0.3) is 0 Å². The van der Waals surface area contributed by atoms with Crippen molar-refractivity contribution >= 4 is 23.2 Å². The molecule has 0 aliphatic carbocycles. The van der Waals surface area contributed by atoms with Gasteiger partial charge in [0.2, 0.25) is 5.91 Å². The SMILES string of the molecule is NCCc1cc(Cl)c2c(c1)CCC(=O)N2. The lowest BCUT2D eigenvalue weighted by Gasteiger charge is -2.19. The van der Waals surface area contributed by atoms with Crippen molar-refractivity contribution in [2.24, 2.45) is 5.73 Å². The molecule has 1 heterocycles. The molecule has 4 heteroatoms. The first-order valence-electron chi connectivity index (χ1n) is 5.02. The van der Waals surface area contributed by atoms with Crippen LogP contribution in [0.3, 0.4) is 0 Å². The van der Waals surface area contributed by atoms with Crippen LogP contribution in [0.15, 0.2) is 12.1 Å². The van der Waals surface area contributed by atoms with E-state index in [0.717, 1.165) is 29.7 Å². The van der Waals surface area contributed by atoms with E-state index >= 15 is 0 Å². The predicted octanol–water partition coefficient (Wildman–Crippen LogP) is 1.73. The zero-order chi connectivity index (χ0) is 10.8. The van der Waals surface area contributed by atoms with Crippen LogP contribution in [-0.2, 0) is 17.6 Å². The quantitative estimate of drug-likeness (QED) is 0.804. The zero-order valence-electron chi connectivity index (χ0n) is 8.35. The molecule has 0 atom stereocenters. The van der Waals surface area contributed by atoms with Gasteiger partial charge < -0.3 is 11.1 Å². The van der Waals surface area contributed by atoms with Gasteiger partial charge in [-0.3, -0.25) is 4.79 Å². The molecule has 0 saturated carbocycles. The monoisotopic (exact) mass is 224 g/mol. The van der Waals surface area contributed by atoms with E-state index in [2.05, 4.69) is 11.4 Å². The second kappa shape index (κ2) is 4.21. The average Bonchev–Trinajstić information content (AvgIpc) is 2.20. The van der Waals surface area contributed by atoms with Crippen molar-refractivity contribution < 1.29 is 4.79 Å². The summed E-state index contributed by atoms with van der Waals surface area (Å²) in [5.41, 5.74) is 8.52.